The summed E-state index contributed by atoms with van der Waals surface area (Å²) >= 11 is 0. The molecule has 5 saturated heterocycles. The summed E-state index contributed by atoms with van der Waals surface area (Å²) < 4.78 is 18.0. The largest absolute Gasteiger partial charge is 0.371 e. The third-order valence-corrected chi connectivity index (χ3v) is 20.0. The number of carbonyl (C=O) groups excluding carboxylic acids is 7. The Balaban J connectivity index is 0.692. The van der Waals surface area contributed by atoms with Crippen molar-refractivity contribution in [1.82, 2.24) is 44.8 Å². The molecule has 8 aliphatic rings. The maximum absolute atomic E-state index is 16.0. The number of hydrogen-bond acceptors (Lipinski definition) is 13. The highest BCUT2D eigenvalue weighted by Gasteiger charge is 2.56. The standard InChI is InChI=1S/C66H79FN12O7/c1-38(2)69-61(82)48-32-53(51(67)26-40(48)5)71-60-59-54(68-37-77(59)39(3)4)33-52(70-60)43-11-14-50-56(28-43)78(46-29-45(30-46)74-21-7-6-8-22-74)65(86)66(50)18-24-75(25-19-66)58(81)27-41-10-9-20-73(34-41)35-42-17-23-76(36-42)44-12-13-47-49(31-44)64(85)79(63(47)84)55-15-16-57(80)72-62(55)83/h11-14,26,28,31-33,37-39,41-42,45-46,55H,6-10,15-25,27,29-30,34-36H2,1-5H3,(H,69,82)(H,70,71)(H,72,80,83)/t41-,42?,45?,46?,55?/m0/s1. The van der Waals surface area contributed by atoms with Crippen molar-refractivity contribution in [2.45, 2.75) is 154 Å². The average Bonchev–Trinajstić information content (AvgIpc) is 1.63. The minimum Gasteiger partial charge on any atom is -0.371 e. The number of likely N-dealkylation sites (tertiary alicyclic amines) is 3. The minimum absolute atomic E-state index is 0.0126. The van der Waals surface area contributed by atoms with E-state index in [4.69, 9.17) is 9.97 Å². The second kappa shape index (κ2) is 22.9. The summed E-state index contributed by atoms with van der Waals surface area (Å²) in [6.07, 6.45) is 11.9. The Bertz CT molecular complexity index is 3580. The molecule has 86 heavy (non-hydrogen) atoms. The number of aryl methyl sites for hydroxylation is 1. The van der Waals surface area contributed by atoms with Gasteiger partial charge in [0.2, 0.25) is 23.6 Å². The van der Waals surface area contributed by atoms with Crippen LogP contribution in [0.3, 0.4) is 0 Å². The molecule has 0 radical (unpaired) electrons. The van der Waals surface area contributed by atoms with Crippen LogP contribution in [0, 0.1) is 24.6 Å². The van der Waals surface area contributed by atoms with Crippen LogP contribution in [0.2, 0.25) is 0 Å². The van der Waals surface area contributed by atoms with Crippen molar-refractivity contribution in [2.75, 3.05) is 74.0 Å². The third kappa shape index (κ3) is 10.5. The zero-order valence-electron chi connectivity index (χ0n) is 50.1. The lowest BCUT2D eigenvalue weighted by molar-refractivity contribution is -0.137. The van der Waals surface area contributed by atoms with Gasteiger partial charge in [0.15, 0.2) is 5.82 Å². The van der Waals surface area contributed by atoms with E-state index in [1.165, 1.54) is 25.3 Å². The van der Waals surface area contributed by atoms with Crippen molar-refractivity contribution in [3.05, 3.63) is 94.6 Å². The first-order valence-electron chi connectivity index (χ1n) is 31.5. The van der Waals surface area contributed by atoms with Crippen molar-refractivity contribution in [3.63, 3.8) is 0 Å². The van der Waals surface area contributed by atoms with E-state index in [0.29, 0.717) is 78.0 Å². The molecule has 1 spiro atoms. The molecule has 452 valence electrons. The number of aromatic nitrogens is 3. The predicted molar refractivity (Wildman–Crippen MR) is 325 cm³/mol. The first-order valence-corrected chi connectivity index (χ1v) is 31.5. The molecule has 7 amide bonds. The van der Waals surface area contributed by atoms with Gasteiger partial charge in [-0.05, 0) is 184 Å². The first-order chi connectivity index (χ1) is 41.4. The lowest BCUT2D eigenvalue weighted by atomic mass is 9.73. The molecule has 6 fully saturated rings. The maximum Gasteiger partial charge on any atom is 0.262 e. The molecule has 3 N–H and O–H groups in total. The number of hydrogen-bond donors (Lipinski definition) is 3. The second-order valence-corrected chi connectivity index (χ2v) is 26.4. The van der Waals surface area contributed by atoms with E-state index in [-0.39, 0.29) is 71.4 Å². The quantitative estimate of drug-likeness (QED) is 0.0897. The number of piperidine rings is 4. The molecule has 7 aliphatic heterocycles. The van der Waals surface area contributed by atoms with E-state index in [1.54, 1.807) is 31.5 Å². The topological polar surface area (TPSA) is 206 Å². The van der Waals surface area contributed by atoms with E-state index in [1.807, 2.05) is 41.5 Å². The summed E-state index contributed by atoms with van der Waals surface area (Å²) in [4.78, 5) is 117. The van der Waals surface area contributed by atoms with Gasteiger partial charge in [-0.25, -0.2) is 14.4 Å². The molecule has 5 aromatic rings. The molecule has 19 nitrogen and oxygen atoms in total. The lowest BCUT2D eigenvalue weighted by Crippen LogP contribution is -2.58. The molecule has 9 heterocycles. The first kappa shape index (κ1) is 57.5. The Hall–Kier alpha value is -7.58. The molecular weight excluding hydrogens is 1090 g/mol. The number of halogens is 1. The molecule has 13 rings (SSSR count). The minimum atomic E-state index is -1.01. The van der Waals surface area contributed by atoms with Gasteiger partial charge in [0, 0.05) is 98.8 Å². The van der Waals surface area contributed by atoms with Crippen LogP contribution in [0.15, 0.2) is 60.9 Å². The Morgan fingerprint density at radius 1 is 0.791 bits per heavy atom. The Labute approximate surface area is 501 Å². The van der Waals surface area contributed by atoms with Crippen LogP contribution >= 0.6 is 0 Å². The Morgan fingerprint density at radius 3 is 2.33 bits per heavy atom. The summed E-state index contributed by atoms with van der Waals surface area (Å²) in [5.74, 6) is -1.59. The van der Waals surface area contributed by atoms with Crippen LogP contribution in [0.25, 0.3) is 22.3 Å². The Morgan fingerprint density at radius 2 is 1.57 bits per heavy atom. The predicted octanol–water partition coefficient (Wildman–Crippen LogP) is 8.26. The summed E-state index contributed by atoms with van der Waals surface area (Å²) in [5, 5.41) is 8.48. The monoisotopic (exact) mass is 1170 g/mol. The number of benzene rings is 3. The number of amides is 7. The van der Waals surface area contributed by atoms with Crippen molar-refractivity contribution in [1.29, 1.82) is 0 Å². The molecule has 2 unspecified atom stereocenters. The number of anilines is 4. The zero-order valence-corrected chi connectivity index (χ0v) is 50.1. The van der Waals surface area contributed by atoms with Gasteiger partial charge in [-0.2, -0.15) is 0 Å². The van der Waals surface area contributed by atoms with Gasteiger partial charge in [-0.3, -0.25) is 43.8 Å². The van der Waals surface area contributed by atoms with Gasteiger partial charge >= 0.3 is 0 Å². The molecule has 1 saturated carbocycles. The SMILES string of the molecule is Cc1cc(F)c(Nc2nc(-c3ccc4c(c3)N(C3CC(N5CCCCC5)C3)C(=O)C43CCN(C(=O)C[C@@H]4CCCN(CC5CCN(c6ccc7c(c6)C(=O)N(C6CCC(=O)NC6=O)C7=O)C5)C4)CC3)cc3ncn(C(C)C)c23)cc1C(=O)NC(C)C. The van der Waals surface area contributed by atoms with Crippen LogP contribution in [-0.4, -0.2) is 159 Å². The second-order valence-electron chi connectivity index (χ2n) is 26.4. The number of carbonyl (C=O) groups is 7. The summed E-state index contributed by atoms with van der Waals surface area (Å²) in [6, 6.07) is 15.8. The highest BCUT2D eigenvalue weighted by atomic mass is 19.1. The summed E-state index contributed by atoms with van der Waals surface area (Å²) in [6.45, 7) is 17.1. The molecule has 2 aromatic heterocycles. The molecule has 20 heteroatoms. The molecule has 3 aromatic carbocycles. The number of imide groups is 2. The fraction of sp³-hybridized carbons (Fsp3) is 0.530. The van der Waals surface area contributed by atoms with Gasteiger partial charge in [-0.15, -0.1) is 0 Å². The van der Waals surface area contributed by atoms with Gasteiger partial charge in [-0.1, -0.05) is 18.6 Å². The number of nitrogens with one attached hydrogen (secondary N) is 3. The molecule has 3 atom stereocenters. The van der Waals surface area contributed by atoms with E-state index in [2.05, 4.69) is 61.5 Å². The number of imidazole rings is 1. The van der Waals surface area contributed by atoms with Crippen molar-refractivity contribution in [2.24, 2.45) is 11.8 Å². The van der Waals surface area contributed by atoms with E-state index >= 15 is 9.18 Å². The van der Waals surface area contributed by atoms with E-state index in [9.17, 15) is 28.8 Å². The van der Waals surface area contributed by atoms with Crippen LogP contribution < -0.4 is 25.8 Å². The average molecular weight is 1170 g/mol. The highest BCUT2D eigenvalue weighted by molar-refractivity contribution is 6.24. The Kier molecular flexibility index (Phi) is 15.3. The summed E-state index contributed by atoms with van der Waals surface area (Å²) in [5.41, 5.74) is 6.32. The van der Waals surface area contributed by atoms with Gasteiger partial charge in [0.1, 0.15) is 17.4 Å². The van der Waals surface area contributed by atoms with Gasteiger partial charge < -0.3 is 39.7 Å². The van der Waals surface area contributed by atoms with Crippen LogP contribution in [0.5, 0.6) is 0 Å². The highest BCUT2D eigenvalue weighted by Crippen LogP contribution is 2.52. The molecular formula is C66H79FN12O7. The molecule has 1 aliphatic carbocycles. The number of rotatable bonds is 14. The lowest BCUT2D eigenvalue weighted by Gasteiger charge is -2.48. The van der Waals surface area contributed by atoms with Gasteiger partial charge in [0.25, 0.3) is 17.7 Å². The third-order valence-electron chi connectivity index (χ3n) is 20.0. The number of fused-ring (bicyclic) bond motifs is 4. The summed E-state index contributed by atoms with van der Waals surface area (Å²) in [7, 11) is 0. The van der Waals surface area contributed by atoms with E-state index < -0.39 is 40.9 Å². The smallest absolute Gasteiger partial charge is 0.262 e. The fourth-order valence-electron chi connectivity index (χ4n) is 15.3. The molecule has 0 bridgehead atoms. The number of nitrogens with zero attached hydrogens (tertiary/aromatic N) is 9. The fourth-order valence-corrected chi connectivity index (χ4v) is 15.3. The van der Waals surface area contributed by atoms with Crippen molar-refractivity contribution >= 4 is 75.3 Å². The van der Waals surface area contributed by atoms with Crippen LogP contribution in [-0.2, 0) is 24.6 Å². The van der Waals surface area contributed by atoms with E-state index in [0.717, 1.165) is 105 Å². The number of pyridine rings is 1. The van der Waals surface area contributed by atoms with Crippen molar-refractivity contribution < 1.29 is 38.0 Å². The zero-order chi connectivity index (χ0) is 59.9. The van der Waals surface area contributed by atoms with Crippen molar-refractivity contribution in [3.8, 4) is 11.3 Å². The normalized spacial score (nSPS) is 24.3. The van der Waals surface area contributed by atoms with Gasteiger partial charge in [0.05, 0.1) is 39.8 Å². The van der Waals surface area contributed by atoms with Crippen LogP contribution in [0.4, 0.5) is 27.3 Å². The maximum atomic E-state index is 16.0. The van der Waals surface area contributed by atoms with Crippen LogP contribution in [0.1, 0.15) is 159 Å².